The summed E-state index contributed by atoms with van der Waals surface area (Å²) in [6.07, 6.45) is 0. The molecule has 1 amide bonds. The number of aliphatic hydroxyl groups is 1. The topological polar surface area (TPSA) is 106 Å². The van der Waals surface area contributed by atoms with Gasteiger partial charge in [0.1, 0.15) is 17.3 Å². The van der Waals surface area contributed by atoms with Crippen molar-refractivity contribution in [1.29, 1.82) is 0 Å². The first-order valence-corrected chi connectivity index (χ1v) is 12.8. The maximum atomic E-state index is 13.4. The van der Waals surface area contributed by atoms with Crippen molar-refractivity contribution >= 4 is 17.4 Å². The predicted molar refractivity (Wildman–Crippen MR) is 147 cm³/mol. The summed E-state index contributed by atoms with van der Waals surface area (Å²) in [4.78, 5) is 28.2. The molecule has 8 nitrogen and oxygen atoms in total. The minimum absolute atomic E-state index is 0.0492. The zero-order valence-electron chi connectivity index (χ0n) is 22.5. The van der Waals surface area contributed by atoms with Gasteiger partial charge in [0.2, 0.25) is 0 Å². The lowest BCUT2D eigenvalue weighted by molar-refractivity contribution is -0.140. The van der Waals surface area contributed by atoms with Gasteiger partial charge in [-0.15, -0.1) is 0 Å². The van der Waals surface area contributed by atoms with Gasteiger partial charge in [0.25, 0.3) is 11.7 Å². The molecule has 1 heterocycles. The molecule has 1 aliphatic heterocycles. The van der Waals surface area contributed by atoms with Gasteiger partial charge in [0.05, 0.1) is 31.9 Å². The number of phenols is 1. The van der Waals surface area contributed by atoms with E-state index in [1.54, 1.807) is 68.6 Å². The second-order valence-electron chi connectivity index (χ2n) is 9.67. The molecule has 3 aromatic rings. The number of carbonyl (C=O) groups is 2. The average Bonchev–Trinajstić information content (AvgIpc) is 3.18. The van der Waals surface area contributed by atoms with Gasteiger partial charge in [-0.2, -0.15) is 0 Å². The number of amides is 1. The number of benzene rings is 3. The normalized spacial score (nSPS) is 16.5. The molecule has 2 N–H and O–H groups in total. The Morgan fingerprint density at radius 3 is 2.38 bits per heavy atom. The molecule has 204 valence electrons. The van der Waals surface area contributed by atoms with Crippen molar-refractivity contribution in [2.24, 2.45) is 5.92 Å². The van der Waals surface area contributed by atoms with Crippen molar-refractivity contribution in [1.82, 2.24) is 4.90 Å². The van der Waals surface area contributed by atoms with Crippen LogP contribution in [0.2, 0.25) is 0 Å². The first-order valence-electron chi connectivity index (χ1n) is 12.8. The fraction of sp³-hybridized carbons (Fsp3) is 0.290. The highest BCUT2D eigenvalue weighted by atomic mass is 16.5. The van der Waals surface area contributed by atoms with E-state index in [1.165, 1.54) is 11.0 Å². The summed E-state index contributed by atoms with van der Waals surface area (Å²) >= 11 is 0. The van der Waals surface area contributed by atoms with Gasteiger partial charge in [0, 0.05) is 12.1 Å². The lowest BCUT2D eigenvalue weighted by atomic mass is 9.94. The van der Waals surface area contributed by atoms with E-state index in [2.05, 4.69) is 0 Å². The van der Waals surface area contributed by atoms with Gasteiger partial charge in [-0.3, -0.25) is 9.59 Å². The maximum absolute atomic E-state index is 13.4. The summed E-state index contributed by atoms with van der Waals surface area (Å²) in [6, 6.07) is 17.7. The van der Waals surface area contributed by atoms with Crippen LogP contribution in [0.3, 0.4) is 0 Å². The van der Waals surface area contributed by atoms with E-state index < -0.39 is 17.7 Å². The summed E-state index contributed by atoms with van der Waals surface area (Å²) in [5.41, 5.74) is 1.58. The van der Waals surface area contributed by atoms with Gasteiger partial charge in [-0.25, -0.2) is 0 Å². The number of aliphatic hydroxyl groups excluding tert-OH is 1. The SMILES string of the molecule is CCOc1cc(C2/C(=C(/O)c3ccc(OCC(C)C)cc3)C(=O)C(=O)N2Cc2cccc(OC)c2)ccc1O. The van der Waals surface area contributed by atoms with Gasteiger partial charge >= 0.3 is 0 Å². The van der Waals surface area contributed by atoms with Crippen LogP contribution < -0.4 is 14.2 Å². The van der Waals surface area contributed by atoms with E-state index in [-0.39, 0.29) is 29.4 Å². The first kappa shape index (κ1) is 27.6. The Kier molecular flexibility index (Phi) is 8.44. The molecule has 1 saturated heterocycles. The van der Waals surface area contributed by atoms with Crippen LogP contribution in [0.1, 0.15) is 43.5 Å². The molecule has 1 atom stereocenters. The number of methoxy groups -OCH3 is 1. The molecule has 0 aliphatic carbocycles. The maximum Gasteiger partial charge on any atom is 0.295 e. The summed E-state index contributed by atoms with van der Waals surface area (Å²) in [5, 5.41) is 21.7. The van der Waals surface area contributed by atoms with Crippen LogP contribution in [0.25, 0.3) is 5.76 Å². The molecule has 0 saturated carbocycles. The highest BCUT2D eigenvalue weighted by Crippen LogP contribution is 2.42. The Morgan fingerprint density at radius 2 is 1.72 bits per heavy atom. The number of ether oxygens (including phenoxy) is 3. The Morgan fingerprint density at radius 1 is 0.974 bits per heavy atom. The smallest absolute Gasteiger partial charge is 0.295 e. The molecule has 0 aromatic heterocycles. The highest BCUT2D eigenvalue weighted by molar-refractivity contribution is 6.46. The number of hydrogen-bond acceptors (Lipinski definition) is 7. The third kappa shape index (κ3) is 6.00. The minimum atomic E-state index is -0.923. The molecule has 8 heteroatoms. The quantitative estimate of drug-likeness (QED) is 0.203. The molecular formula is C31H33NO7. The summed E-state index contributed by atoms with van der Waals surface area (Å²) in [7, 11) is 1.55. The van der Waals surface area contributed by atoms with E-state index in [0.717, 1.165) is 5.56 Å². The highest BCUT2D eigenvalue weighted by Gasteiger charge is 2.46. The molecule has 0 bridgehead atoms. The number of likely N-dealkylation sites (tertiary alicyclic amines) is 1. The van der Waals surface area contributed by atoms with Crippen LogP contribution in [0.4, 0.5) is 0 Å². The lowest BCUT2D eigenvalue weighted by Gasteiger charge is -2.26. The Labute approximate surface area is 228 Å². The van der Waals surface area contributed by atoms with Crippen molar-refractivity contribution in [3.8, 4) is 23.0 Å². The number of Topliss-reactive ketones (excluding diaryl/α,β-unsaturated/α-hetero) is 1. The number of aromatic hydroxyl groups is 1. The third-order valence-electron chi connectivity index (χ3n) is 6.34. The first-order chi connectivity index (χ1) is 18.7. The second kappa shape index (κ2) is 11.9. The summed E-state index contributed by atoms with van der Waals surface area (Å²) < 4.78 is 16.6. The zero-order valence-corrected chi connectivity index (χ0v) is 22.5. The third-order valence-corrected chi connectivity index (χ3v) is 6.34. The number of ketones is 1. The standard InChI is InChI=1S/C31H33NO7/c1-5-38-26-16-22(11-14-25(26)33)28-27(29(34)21-9-12-23(13-10-21)39-18-19(2)3)30(35)31(36)32(28)17-20-7-6-8-24(15-20)37-4/h6-16,19,28,33-34H,5,17-18H2,1-4H3/b29-27-. The summed E-state index contributed by atoms with van der Waals surface area (Å²) in [5.74, 6) is -0.0906. The predicted octanol–water partition coefficient (Wildman–Crippen LogP) is 5.46. The molecule has 1 aliphatic rings. The fourth-order valence-corrected chi connectivity index (χ4v) is 4.46. The Bertz CT molecular complexity index is 1380. The largest absolute Gasteiger partial charge is 0.507 e. The molecule has 1 fully saturated rings. The molecule has 0 spiro atoms. The average molecular weight is 532 g/mol. The molecule has 1 unspecified atom stereocenters. The fourth-order valence-electron chi connectivity index (χ4n) is 4.46. The van der Waals surface area contributed by atoms with Crippen LogP contribution in [-0.4, -0.2) is 47.1 Å². The van der Waals surface area contributed by atoms with Crippen LogP contribution in [0.5, 0.6) is 23.0 Å². The van der Waals surface area contributed by atoms with Crippen LogP contribution in [-0.2, 0) is 16.1 Å². The summed E-state index contributed by atoms with van der Waals surface area (Å²) in [6.45, 7) is 6.83. The molecule has 39 heavy (non-hydrogen) atoms. The van der Waals surface area contributed by atoms with E-state index in [1.807, 2.05) is 19.9 Å². The molecular weight excluding hydrogens is 498 g/mol. The second-order valence-corrected chi connectivity index (χ2v) is 9.67. The van der Waals surface area contributed by atoms with Crippen molar-refractivity contribution in [2.75, 3.05) is 20.3 Å². The molecule has 3 aromatic carbocycles. The Balaban J connectivity index is 1.80. The van der Waals surface area contributed by atoms with E-state index >= 15 is 0 Å². The number of phenolic OH excluding ortho intramolecular Hbond substituents is 1. The van der Waals surface area contributed by atoms with Crippen LogP contribution >= 0.6 is 0 Å². The van der Waals surface area contributed by atoms with E-state index in [4.69, 9.17) is 14.2 Å². The van der Waals surface area contributed by atoms with Gasteiger partial charge in [0.15, 0.2) is 11.5 Å². The van der Waals surface area contributed by atoms with E-state index in [0.29, 0.717) is 41.8 Å². The van der Waals surface area contributed by atoms with Crippen molar-refractivity contribution in [3.05, 3.63) is 89.0 Å². The van der Waals surface area contributed by atoms with Crippen LogP contribution in [0.15, 0.2) is 72.3 Å². The van der Waals surface area contributed by atoms with Gasteiger partial charge < -0.3 is 29.3 Å². The number of carbonyl (C=O) groups excluding carboxylic acids is 2. The van der Waals surface area contributed by atoms with Crippen molar-refractivity contribution < 1.29 is 34.0 Å². The minimum Gasteiger partial charge on any atom is -0.507 e. The number of nitrogens with zero attached hydrogens (tertiary/aromatic N) is 1. The number of hydrogen-bond donors (Lipinski definition) is 2. The monoisotopic (exact) mass is 531 g/mol. The van der Waals surface area contributed by atoms with Crippen molar-refractivity contribution in [2.45, 2.75) is 33.4 Å². The van der Waals surface area contributed by atoms with Gasteiger partial charge in [-0.05, 0) is 72.5 Å². The van der Waals surface area contributed by atoms with E-state index in [9.17, 15) is 19.8 Å². The Hall–Kier alpha value is -4.46. The molecule has 0 radical (unpaired) electrons. The van der Waals surface area contributed by atoms with Crippen LogP contribution in [0, 0.1) is 5.92 Å². The van der Waals surface area contributed by atoms with Gasteiger partial charge in [-0.1, -0.05) is 32.0 Å². The van der Waals surface area contributed by atoms with Crippen molar-refractivity contribution in [3.63, 3.8) is 0 Å². The molecule has 4 rings (SSSR count). The number of rotatable bonds is 10. The lowest BCUT2D eigenvalue weighted by Crippen LogP contribution is -2.29. The zero-order chi connectivity index (χ0) is 28.1.